The van der Waals surface area contributed by atoms with Crippen molar-refractivity contribution in [3.63, 3.8) is 0 Å². The Morgan fingerprint density at radius 1 is 1.17 bits per heavy atom. The summed E-state index contributed by atoms with van der Waals surface area (Å²) in [6.45, 7) is 4.08. The van der Waals surface area contributed by atoms with Gasteiger partial charge in [-0.1, -0.05) is 32.0 Å². The normalized spacial score (nSPS) is 12.1. The van der Waals surface area contributed by atoms with Gasteiger partial charge in [0, 0.05) is 35.6 Å². The van der Waals surface area contributed by atoms with Crippen molar-refractivity contribution >= 4 is 0 Å². The van der Waals surface area contributed by atoms with Crippen molar-refractivity contribution in [3.05, 3.63) is 76.0 Å². The molecule has 1 unspecified atom stereocenters. The summed E-state index contributed by atoms with van der Waals surface area (Å²) in [6, 6.07) is 7.99. The molecule has 0 saturated heterocycles. The van der Waals surface area contributed by atoms with E-state index in [0.29, 0.717) is 11.4 Å². The average Bonchev–Trinajstić information content (AvgIpc) is 2.62. The van der Waals surface area contributed by atoms with Gasteiger partial charge in [0.2, 0.25) is 5.43 Å². The van der Waals surface area contributed by atoms with E-state index >= 15 is 0 Å². The van der Waals surface area contributed by atoms with Crippen LogP contribution in [0.5, 0.6) is 0 Å². The molecule has 0 radical (unpaired) electrons. The van der Waals surface area contributed by atoms with Crippen molar-refractivity contribution < 1.29 is 0 Å². The summed E-state index contributed by atoms with van der Waals surface area (Å²) in [4.78, 5) is 20.8. The van der Waals surface area contributed by atoms with Crippen molar-refractivity contribution in [1.82, 2.24) is 20.2 Å². The van der Waals surface area contributed by atoms with Crippen LogP contribution in [0.2, 0.25) is 0 Å². The highest BCUT2D eigenvalue weighted by atomic mass is 16.1. The fourth-order valence-corrected chi connectivity index (χ4v) is 2.50. The van der Waals surface area contributed by atoms with Crippen LogP contribution in [-0.4, -0.2) is 20.2 Å². The number of aromatic nitrogens is 4. The molecule has 0 saturated carbocycles. The third kappa shape index (κ3) is 3.18. The monoisotopic (exact) mass is 306 g/mol. The largest absolute Gasteiger partial charge is 0.288 e. The molecular weight excluding hydrogens is 288 g/mol. The molecule has 0 amide bonds. The molecule has 1 atom stereocenters. The quantitative estimate of drug-likeness (QED) is 0.804. The second kappa shape index (κ2) is 6.52. The Labute approximate surface area is 134 Å². The van der Waals surface area contributed by atoms with Gasteiger partial charge in [-0.05, 0) is 23.6 Å². The summed E-state index contributed by atoms with van der Waals surface area (Å²) in [6.07, 6.45) is 7.59. The summed E-state index contributed by atoms with van der Waals surface area (Å²) in [7, 11) is 0. The summed E-state index contributed by atoms with van der Waals surface area (Å²) in [5, 5.41) is 6.48. The molecule has 3 rings (SSSR count). The lowest BCUT2D eigenvalue weighted by Gasteiger charge is -2.12. The molecule has 1 N–H and O–H groups in total. The van der Waals surface area contributed by atoms with Crippen molar-refractivity contribution in [3.8, 4) is 11.4 Å². The van der Waals surface area contributed by atoms with Crippen LogP contribution in [-0.2, 0) is 6.42 Å². The van der Waals surface area contributed by atoms with Gasteiger partial charge < -0.3 is 0 Å². The second-order valence-corrected chi connectivity index (χ2v) is 5.47. The van der Waals surface area contributed by atoms with Crippen molar-refractivity contribution in [1.29, 1.82) is 0 Å². The molecule has 1 aromatic carbocycles. The minimum Gasteiger partial charge on any atom is -0.288 e. The second-order valence-electron chi connectivity index (χ2n) is 5.47. The van der Waals surface area contributed by atoms with Gasteiger partial charge in [-0.15, -0.1) is 0 Å². The summed E-state index contributed by atoms with van der Waals surface area (Å²) in [5.41, 5.74) is 3.73. The number of hydrogen-bond donors (Lipinski definition) is 1. The van der Waals surface area contributed by atoms with E-state index in [1.807, 2.05) is 43.6 Å². The van der Waals surface area contributed by atoms with Gasteiger partial charge in [-0.25, -0.2) is 9.97 Å². The van der Waals surface area contributed by atoms with E-state index in [1.165, 1.54) is 6.20 Å². The Bertz CT molecular complexity index is 855. The smallest absolute Gasteiger partial charge is 0.203 e. The first-order valence-corrected chi connectivity index (χ1v) is 7.63. The number of hydrogen-bond acceptors (Lipinski definition) is 4. The molecule has 3 aromatic rings. The first-order valence-electron chi connectivity index (χ1n) is 7.63. The van der Waals surface area contributed by atoms with Crippen molar-refractivity contribution in [2.45, 2.75) is 26.2 Å². The highest BCUT2D eigenvalue weighted by Gasteiger charge is 2.13. The maximum Gasteiger partial charge on any atom is 0.203 e. The van der Waals surface area contributed by atoms with Gasteiger partial charge in [0.05, 0.1) is 6.20 Å². The maximum absolute atomic E-state index is 12.0. The molecule has 0 spiro atoms. The van der Waals surface area contributed by atoms with E-state index in [4.69, 9.17) is 0 Å². The molecule has 0 bridgehead atoms. The Balaban J connectivity index is 1.96. The van der Waals surface area contributed by atoms with Crippen LogP contribution in [0, 0.1) is 0 Å². The molecule has 0 aliphatic rings. The first-order chi connectivity index (χ1) is 11.2. The van der Waals surface area contributed by atoms with Crippen LogP contribution in [0.1, 0.15) is 36.5 Å². The highest BCUT2D eigenvalue weighted by Crippen LogP contribution is 2.25. The maximum atomic E-state index is 12.0. The zero-order valence-corrected chi connectivity index (χ0v) is 13.2. The first kappa shape index (κ1) is 15.1. The number of nitrogens with one attached hydrogen (secondary N) is 1. The lowest BCUT2D eigenvalue weighted by Crippen LogP contribution is -2.13. The number of aromatic amines is 1. The van der Waals surface area contributed by atoms with Crippen LogP contribution in [0.15, 0.2) is 53.8 Å². The number of nitrogens with zero attached hydrogens (tertiary/aromatic N) is 3. The molecule has 116 valence electrons. The Morgan fingerprint density at radius 3 is 2.65 bits per heavy atom. The summed E-state index contributed by atoms with van der Waals surface area (Å²) < 4.78 is 0. The molecule has 2 aromatic heterocycles. The zero-order valence-electron chi connectivity index (χ0n) is 13.2. The molecule has 2 heterocycles. The highest BCUT2D eigenvalue weighted by molar-refractivity contribution is 5.56. The molecule has 0 aliphatic carbocycles. The minimum atomic E-state index is -0.0646. The third-order valence-electron chi connectivity index (χ3n) is 3.99. The Kier molecular flexibility index (Phi) is 4.28. The van der Waals surface area contributed by atoms with Gasteiger partial charge >= 0.3 is 0 Å². The molecule has 0 aliphatic heterocycles. The van der Waals surface area contributed by atoms with Crippen molar-refractivity contribution in [2.75, 3.05) is 0 Å². The van der Waals surface area contributed by atoms with E-state index in [1.54, 1.807) is 6.20 Å². The lowest BCUT2D eigenvalue weighted by molar-refractivity contribution is 0.870. The topological polar surface area (TPSA) is 71.5 Å². The zero-order chi connectivity index (χ0) is 16.2. The van der Waals surface area contributed by atoms with E-state index < -0.39 is 0 Å². The predicted molar refractivity (Wildman–Crippen MR) is 89.2 cm³/mol. The number of aryl methyl sites for hydroxylation is 1. The van der Waals surface area contributed by atoms with E-state index in [9.17, 15) is 4.79 Å². The van der Waals surface area contributed by atoms with Gasteiger partial charge in [0.1, 0.15) is 0 Å². The van der Waals surface area contributed by atoms with Crippen LogP contribution in [0.3, 0.4) is 0 Å². The minimum absolute atomic E-state index is 0.0309. The SMILES string of the molecule is CCc1cnc(-c2cccc(C(C)c3c[nH]ncc3=O)c2)nc1. The number of H-pyrrole nitrogens is 1. The fraction of sp³-hybridized carbons (Fsp3) is 0.222. The molecule has 5 nitrogen and oxygen atoms in total. The molecule has 23 heavy (non-hydrogen) atoms. The predicted octanol–water partition coefficient (Wildman–Crippen LogP) is 2.94. The van der Waals surface area contributed by atoms with Crippen LogP contribution in [0.4, 0.5) is 0 Å². The standard InChI is InChI=1S/C18H18N4O/c1-3-13-8-19-18(20-9-13)15-6-4-5-14(7-15)12(2)16-10-21-22-11-17(16)23/h4-12H,3H2,1-2H3,(H,21,23). The average molecular weight is 306 g/mol. The molecule has 5 heteroatoms. The van der Waals surface area contributed by atoms with Gasteiger partial charge in [0.15, 0.2) is 5.82 Å². The number of rotatable bonds is 4. The Hall–Kier alpha value is -2.82. The van der Waals surface area contributed by atoms with Crippen molar-refractivity contribution in [2.24, 2.45) is 0 Å². The van der Waals surface area contributed by atoms with E-state index in [-0.39, 0.29) is 11.3 Å². The van der Waals surface area contributed by atoms with Gasteiger partial charge in [-0.2, -0.15) is 5.10 Å². The molecule has 0 fully saturated rings. The molecular formula is C18H18N4O. The third-order valence-corrected chi connectivity index (χ3v) is 3.99. The van der Waals surface area contributed by atoms with E-state index in [0.717, 1.165) is 23.1 Å². The summed E-state index contributed by atoms with van der Waals surface area (Å²) >= 11 is 0. The van der Waals surface area contributed by atoms with E-state index in [2.05, 4.69) is 27.1 Å². The lowest BCUT2D eigenvalue weighted by atomic mass is 9.93. The van der Waals surface area contributed by atoms with Crippen LogP contribution in [0.25, 0.3) is 11.4 Å². The summed E-state index contributed by atoms with van der Waals surface area (Å²) in [5.74, 6) is 0.663. The van der Waals surface area contributed by atoms with Crippen LogP contribution >= 0.6 is 0 Å². The van der Waals surface area contributed by atoms with Gasteiger partial charge in [0.25, 0.3) is 0 Å². The van der Waals surface area contributed by atoms with Gasteiger partial charge in [-0.3, -0.25) is 9.89 Å². The Morgan fingerprint density at radius 2 is 1.96 bits per heavy atom. The fourth-order valence-electron chi connectivity index (χ4n) is 2.50. The van der Waals surface area contributed by atoms with Crippen LogP contribution < -0.4 is 5.43 Å². The number of benzene rings is 1.